The summed E-state index contributed by atoms with van der Waals surface area (Å²) in [5.74, 6) is 0.409. The Bertz CT molecular complexity index is 397. The largest absolute Gasteiger partial charge is 0.482 e. The first-order valence-corrected chi connectivity index (χ1v) is 5.56. The molecule has 2 nitrogen and oxygen atoms in total. The van der Waals surface area contributed by atoms with Crippen LogP contribution < -0.4 is 10.5 Å². The van der Waals surface area contributed by atoms with E-state index in [1.807, 2.05) is 0 Å². The number of benzene rings is 1. The standard InChI is InChI=1S/C9H8Cl3NOS/c1-4(9(13)15)14-8-3-6(11)5(10)2-7(8)12/h2-4H,1H3,(H2,13,15). The fraction of sp³-hybridized carbons (Fsp3) is 0.222. The summed E-state index contributed by atoms with van der Waals surface area (Å²) >= 11 is 22.2. The van der Waals surface area contributed by atoms with Crippen LogP contribution in [0.15, 0.2) is 12.1 Å². The smallest absolute Gasteiger partial charge is 0.145 e. The Kier molecular flexibility index (Phi) is 4.46. The van der Waals surface area contributed by atoms with Gasteiger partial charge < -0.3 is 10.5 Å². The molecule has 0 saturated carbocycles. The van der Waals surface area contributed by atoms with Gasteiger partial charge in [0.25, 0.3) is 0 Å². The summed E-state index contributed by atoms with van der Waals surface area (Å²) in [4.78, 5) is 0.247. The Morgan fingerprint density at radius 1 is 1.27 bits per heavy atom. The zero-order valence-corrected chi connectivity index (χ0v) is 10.8. The van der Waals surface area contributed by atoms with E-state index in [2.05, 4.69) is 0 Å². The monoisotopic (exact) mass is 283 g/mol. The van der Waals surface area contributed by atoms with Gasteiger partial charge in [-0.2, -0.15) is 0 Å². The van der Waals surface area contributed by atoms with Gasteiger partial charge in [-0.25, -0.2) is 0 Å². The number of halogens is 3. The molecule has 0 fully saturated rings. The Labute approximate surface area is 108 Å². The molecule has 82 valence electrons. The van der Waals surface area contributed by atoms with Crippen LogP contribution in [0.3, 0.4) is 0 Å². The molecule has 0 saturated heterocycles. The van der Waals surface area contributed by atoms with E-state index in [-0.39, 0.29) is 4.99 Å². The molecule has 0 aromatic heterocycles. The lowest BCUT2D eigenvalue weighted by atomic mass is 10.3. The van der Waals surface area contributed by atoms with E-state index in [0.717, 1.165) is 0 Å². The van der Waals surface area contributed by atoms with Crippen molar-refractivity contribution in [3.63, 3.8) is 0 Å². The van der Waals surface area contributed by atoms with Gasteiger partial charge in [0, 0.05) is 6.07 Å². The van der Waals surface area contributed by atoms with Crippen molar-refractivity contribution in [3.8, 4) is 5.75 Å². The van der Waals surface area contributed by atoms with Crippen LogP contribution in [-0.4, -0.2) is 11.1 Å². The Morgan fingerprint density at radius 3 is 2.33 bits per heavy atom. The SMILES string of the molecule is CC(Oc1cc(Cl)c(Cl)cc1Cl)C(N)=S. The summed E-state index contributed by atoms with van der Waals surface area (Å²) in [6.45, 7) is 1.72. The van der Waals surface area contributed by atoms with Crippen molar-refractivity contribution < 1.29 is 4.74 Å². The quantitative estimate of drug-likeness (QED) is 0.679. The zero-order valence-electron chi connectivity index (χ0n) is 7.76. The minimum absolute atomic E-state index is 0.247. The van der Waals surface area contributed by atoms with Gasteiger partial charge in [0.15, 0.2) is 0 Å². The van der Waals surface area contributed by atoms with Crippen LogP contribution in [0.1, 0.15) is 6.92 Å². The lowest BCUT2D eigenvalue weighted by Crippen LogP contribution is -2.28. The van der Waals surface area contributed by atoms with Crippen LogP contribution >= 0.6 is 47.0 Å². The maximum Gasteiger partial charge on any atom is 0.145 e. The molecule has 6 heteroatoms. The molecule has 1 aromatic carbocycles. The summed E-state index contributed by atoms with van der Waals surface area (Å²) in [7, 11) is 0. The number of thiocarbonyl (C=S) groups is 1. The van der Waals surface area contributed by atoms with Gasteiger partial charge in [0.1, 0.15) is 16.8 Å². The lowest BCUT2D eigenvalue weighted by molar-refractivity contribution is 0.288. The highest BCUT2D eigenvalue weighted by Gasteiger charge is 2.12. The van der Waals surface area contributed by atoms with Crippen molar-refractivity contribution in [2.24, 2.45) is 5.73 Å². The molecule has 1 rings (SSSR count). The lowest BCUT2D eigenvalue weighted by Gasteiger charge is -2.14. The van der Waals surface area contributed by atoms with Crippen molar-refractivity contribution in [3.05, 3.63) is 27.2 Å². The van der Waals surface area contributed by atoms with Crippen molar-refractivity contribution in [1.82, 2.24) is 0 Å². The highest BCUT2D eigenvalue weighted by molar-refractivity contribution is 7.80. The third kappa shape index (κ3) is 3.38. The van der Waals surface area contributed by atoms with Crippen LogP contribution in [0.4, 0.5) is 0 Å². The van der Waals surface area contributed by atoms with E-state index in [4.69, 9.17) is 57.5 Å². The molecule has 0 aliphatic heterocycles. The van der Waals surface area contributed by atoms with Gasteiger partial charge in [-0.15, -0.1) is 0 Å². The van der Waals surface area contributed by atoms with Gasteiger partial charge in [-0.3, -0.25) is 0 Å². The average Bonchev–Trinajstić information content (AvgIpc) is 2.13. The van der Waals surface area contributed by atoms with E-state index in [9.17, 15) is 0 Å². The molecule has 0 spiro atoms. The van der Waals surface area contributed by atoms with Gasteiger partial charge in [0.2, 0.25) is 0 Å². The molecular formula is C9H8Cl3NOS. The number of ether oxygens (including phenoxy) is 1. The molecule has 15 heavy (non-hydrogen) atoms. The number of nitrogens with two attached hydrogens (primary N) is 1. The van der Waals surface area contributed by atoms with E-state index in [1.165, 1.54) is 12.1 Å². The van der Waals surface area contributed by atoms with Gasteiger partial charge >= 0.3 is 0 Å². The zero-order chi connectivity index (χ0) is 11.6. The third-order valence-corrected chi connectivity index (χ3v) is 3.03. The van der Waals surface area contributed by atoms with Crippen LogP contribution in [-0.2, 0) is 0 Å². The van der Waals surface area contributed by atoms with Crippen LogP contribution in [0.25, 0.3) is 0 Å². The topological polar surface area (TPSA) is 35.2 Å². The Balaban J connectivity index is 2.95. The molecule has 0 amide bonds. The molecule has 2 N–H and O–H groups in total. The van der Waals surface area contributed by atoms with E-state index in [0.29, 0.717) is 20.8 Å². The summed E-state index contributed by atoms with van der Waals surface area (Å²) < 4.78 is 5.40. The molecule has 0 aliphatic rings. The highest BCUT2D eigenvalue weighted by Crippen LogP contribution is 2.34. The second-order valence-electron chi connectivity index (χ2n) is 2.86. The fourth-order valence-electron chi connectivity index (χ4n) is 0.843. The second kappa shape index (κ2) is 5.21. The molecule has 0 heterocycles. The van der Waals surface area contributed by atoms with E-state index < -0.39 is 6.10 Å². The predicted octanol–water partition coefficient (Wildman–Crippen LogP) is 3.70. The van der Waals surface area contributed by atoms with Gasteiger partial charge in [-0.05, 0) is 13.0 Å². The molecule has 1 aromatic rings. The summed E-state index contributed by atoms with van der Waals surface area (Å²) in [5, 5.41) is 1.11. The molecule has 1 atom stereocenters. The van der Waals surface area contributed by atoms with Crippen molar-refractivity contribution in [2.45, 2.75) is 13.0 Å². The predicted molar refractivity (Wildman–Crippen MR) is 68.3 cm³/mol. The molecule has 0 bridgehead atoms. The summed E-state index contributed by atoms with van der Waals surface area (Å²) in [6.07, 6.45) is -0.408. The fourth-order valence-corrected chi connectivity index (χ4v) is 1.47. The van der Waals surface area contributed by atoms with Crippen LogP contribution in [0.2, 0.25) is 15.1 Å². The van der Waals surface area contributed by atoms with E-state index >= 15 is 0 Å². The Morgan fingerprint density at radius 2 is 1.80 bits per heavy atom. The summed E-state index contributed by atoms with van der Waals surface area (Å²) in [6, 6.07) is 3.04. The van der Waals surface area contributed by atoms with Crippen molar-refractivity contribution in [2.75, 3.05) is 0 Å². The van der Waals surface area contributed by atoms with Gasteiger partial charge in [-0.1, -0.05) is 47.0 Å². The first kappa shape index (κ1) is 12.8. The number of rotatable bonds is 3. The molecule has 1 unspecified atom stereocenters. The van der Waals surface area contributed by atoms with Crippen molar-refractivity contribution >= 4 is 52.0 Å². The van der Waals surface area contributed by atoms with Crippen LogP contribution in [0.5, 0.6) is 5.75 Å². The average molecular weight is 285 g/mol. The first-order valence-electron chi connectivity index (χ1n) is 4.02. The summed E-state index contributed by atoms with van der Waals surface area (Å²) in [5.41, 5.74) is 5.41. The highest BCUT2D eigenvalue weighted by atomic mass is 35.5. The number of hydrogen-bond donors (Lipinski definition) is 1. The third-order valence-electron chi connectivity index (χ3n) is 1.68. The second-order valence-corrected chi connectivity index (χ2v) is 4.55. The minimum Gasteiger partial charge on any atom is -0.482 e. The maximum absolute atomic E-state index is 5.90. The van der Waals surface area contributed by atoms with E-state index in [1.54, 1.807) is 6.92 Å². The maximum atomic E-state index is 5.90. The molecule has 0 radical (unpaired) electrons. The molecular weight excluding hydrogens is 277 g/mol. The minimum atomic E-state index is -0.408. The number of hydrogen-bond acceptors (Lipinski definition) is 2. The first-order chi connectivity index (χ1) is 6.91. The normalized spacial score (nSPS) is 12.3. The Hall–Kier alpha value is -0.220. The van der Waals surface area contributed by atoms with Crippen LogP contribution in [0, 0.1) is 0 Å². The van der Waals surface area contributed by atoms with Gasteiger partial charge in [0.05, 0.1) is 15.1 Å². The van der Waals surface area contributed by atoms with Crippen molar-refractivity contribution in [1.29, 1.82) is 0 Å². The molecule has 0 aliphatic carbocycles.